The number of hydrogen-bond donors (Lipinski definition) is 0. The Kier molecular flexibility index (Phi) is 4.66. The molecule has 19 heavy (non-hydrogen) atoms. The highest BCUT2D eigenvalue weighted by Crippen LogP contribution is 2.36. The molecule has 0 saturated heterocycles. The van der Waals surface area contributed by atoms with E-state index < -0.39 is 0 Å². The van der Waals surface area contributed by atoms with Gasteiger partial charge in [0.05, 0.1) is 0 Å². The number of anilines is 1. The second-order valence-corrected chi connectivity index (χ2v) is 4.78. The standard InChI is InChI=1S/C15H21NO3/c1-3-5-12(6-4-2)16(10-17)13-7-8-14-15(9-13)19-11-18-14/h7-10,12H,3-6,11H2,1-2H3. The van der Waals surface area contributed by atoms with Crippen LogP contribution in [0.2, 0.25) is 0 Å². The molecule has 0 radical (unpaired) electrons. The van der Waals surface area contributed by atoms with Crippen LogP contribution in [0.3, 0.4) is 0 Å². The lowest BCUT2D eigenvalue weighted by Gasteiger charge is -2.28. The summed E-state index contributed by atoms with van der Waals surface area (Å²) in [5, 5.41) is 0. The van der Waals surface area contributed by atoms with E-state index in [4.69, 9.17) is 9.47 Å². The van der Waals surface area contributed by atoms with E-state index in [1.165, 1.54) is 0 Å². The molecule has 0 fully saturated rings. The van der Waals surface area contributed by atoms with Gasteiger partial charge in [-0.25, -0.2) is 0 Å². The van der Waals surface area contributed by atoms with Gasteiger partial charge in [0.1, 0.15) is 0 Å². The first-order chi connectivity index (χ1) is 9.30. The van der Waals surface area contributed by atoms with Crippen LogP contribution in [0.15, 0.2) is 18.2 Å². The maximum Gasteiger partial charge on any atom is 0.231 e. The van der Waals surface area contributed by atoms with Gasteiger partial charge in [0, 0.05) is 17.8 Å². The van der Waals surface area contributed by atoms with Gasteiger partial charge in [-0.15, -0.1) is 0 Å². The van der Waals surface area contributed by atoms with E-state index in [1.54, 1.807) is 0 Å². The number of rotatable bonds is 7. The summed E-state index contributed by atoms with van der Waals surface area (Å²) in [6.45, 7) is 4.55. The minimum atomic E-state index is 0.257. The monoisotopic (exact) mass is 263 g/mol. The normalized spacial score (nSPS) is 12.8. The Labute approximate surface area is 114 Å². The molecule has 1 aliphatic rings. The molecule has 1 amide bonds. The Hall–Kier alpha value is -1.71. The Morgan fingerprint density at radius 3 is 2.53 bits per heavy atom. The second kappa shape index (κ2) is 6.45. The summed E-state index contributed by atoms with van der Waals surface area (Å²) < 4.78 is 10.7. The number of hydrogen-bond acceptors (Lipinski definition) is 3. The van der Waals surface area contributed by atoms with Crippen LogP contribution in [-0.4, -0.2) is 19.2 Å². The molecule has 0 atom stereocenters. The second-order valence-electron chi connectivity index (χ2n) is 4.78. The number of amides is 1. The summed E-state index contributed by atoms with van der Waals surface area (Å²) in [4.78, 5) is 13.3. The van der Waals surface area contributed by atoms with Crippen molar-refractivity contribution in [2.45, 2.75) is 45.6 Å². The van der Waals surface area contributed by atoms with Crippen molar-refractivity contribution >= 4 is 12.1 Å². The zero-order valence-electron chi connectivity index (χ0n) is 11.6. The SMILES string of the molecule is CCCC(CCC)N(C=O)c1ccc2c(c1)OCO2. The zero-order valence-corrected chi connectivity index (χ0v) is 11.6. The summed E-state index contributed by atoms with van der Waals surface area (Å²) in [5.74, 6) is 1.47. The van der Waals surface area contributed by atoms with E-state index in [0.29, 0.717) is 0 Å². The Balaban J connectivity index is 2.22. The first-order valence-corrected chi connectivity index (χ1v) is 6.93. The number of carbonyl (C=O) groups excluding carboxylic acids is 1. The molecule has 0 spiro atoms. The summed E-state index contributed by atoms with van der Waals surface area (Å²) in [5.41, 5.74) is 0.881. The van der Waals surface area contributed by atoms with Crippen LogP contribution in [0.5, 0.6) is 11.5 Å². The highest BCUT2D eigenvalue weighted by molar-refractivity contribution is 5.77. The van der Waals surface area contributed by atoms with E-state index in [-0.39, 0.29) is 12.8 Å². The van der Waals surface area contributed by atoms with Gasteiger partial charge in [-0.3, -0.25) is 4.79 Å². The molecule has 2 rings (SSSR count). The fourth-order valence-electron chi connectivity index (χ4n) is 2.49. The van der Waals surface area contributed by atoms with Gasteiger partial charge in [0.25, 0.3) is 0 Å². The number of nitrogens with zero attached hydrogens (tertiary/aromatic N) is 1. The van der Waals surface area contributed by atoms with Crippen molar-refractivity contribution in [3.63, 3.8) is 0 Å². The largest absolute Gasteiger partial charge is 0.454 e. The van der Waals surface area contributed by atoms with Crippen LogP contribution in [-0.2, 0) is 4.79 Å². The Bertz CT molecular complexity index is 427. The molecule has 0 aromatic heterocycles. The van der Waals surface area contributed by atoms with Crippen molar-refractivity contribution < 1.29 is 14.3 Å². The van der Waals surface area contributed by atoms with Crippen LogP contribution >= 0.6 is 0 Å². The lowest BCUT2D eigenvalue weighted by molar-refractivity contribution is -0.107. The molecule has 0 saturated carbocycles. The molecule has 0 N–H and O–H groups in total. The van der Waals surface area contributed by atoms with E-state index >= 15 is 0 Å². The fraction of sp³-hybridized carbons (Fsp3) is 0.533. The van der Waals surface area contributed by atoms with Crippen LogP contribution in [0.4, 0.5) is 5.69 Å². The van der Waals surface area contributed by atoms with Gasteiger partial charge in [-0.1, -0.05) is 26.7 Å². The van der Waals surface area contributed by atoms with Crippen LogP contribution in [0.1, 0.15) is 39.5 Å². The molecule has 1 aromatic rings. The van der Waals surface area contributed by atoms with E-state index in [0.717, 1.165) is 49.3 Å². The Morgan fingerprint density at radius 2 is 1.89 bits per heavy atom. The molecule has 1 heterocycles. The average molecular weight is 263 g/mol. The number of fused-ring (bicyclic) bond motifs is 1. The van der Waals surface area contributed by atoms with E-state index in [1.807, 2.05) is 23.1 Å². The molecular weight excluding hydrogens is 242 g/mol. The summed E-state index contributed by atoms with van der Waals surface area (Å²) in [6, 6.07) is 5.92. The summed E-state index contributed by atoms with van der Waals surface area (Å²) in [6.07, 6.45) is 5.09. The third kappa shape index (κ3) is 3.00. The first kappa shape index (κ1) is 13.7. The molecule has 1 aliphatic heterocycles. The number of carbonyl (C=O) groups is 1. The van der Waals surface area contributed by atoms with Gasteiger partial charge in [-0.2, -0.15) is 0 Å². The fourth-order valence-corrected chi connectivity index (χ4v) is 2.49. The lowest BCUT2D eigenvalue weighted by Crippen LogP contribution is -2.34. The predicted molar refractivity (Wildman–Crippen MR) is 74.7 cm³/mol. The smallest absolute Gasteiger partial charge is 0.231 e. The predicted octanol–water partition coefficient (Wildman–Crippen LogP) is 3.35. The van der Waals surface area contributed by atoms with Crippen molar-refractivity contribution in [3.8, 4) is 11.5 Å². The summed E-state index contributed by atoms with van der Waals surface area (Å²) >= 11 is 0. The molecule has 4 heteroatoms. The van der Waals surface area contributed by atoms with Crippen molar-refractivity contribution in [1.82, 2.24) is 0 Å². The van der Waals surface area contributed by atoms with Gasteiger partial charge < -0.3 is 14.4 Å². The minimum absolute atomic E-state index is 0.257. The van der Waals surface area contributed by atoms with Gasteiger partial charge >= 0.3 is 0 Å². The Morgan fingerprint density at radius 1 is 1.21 bits per heavy atom. The van der Waals surface area contributed by atoms with Crippen molar-refractivity contribution in [1.29, 1.82) is 0 Å². The van der Waals surface area contributed by atoms with Gasteiger partial charge in [0.2, 0.25) is 13.2 Å². The molecular formula is C15H21NO3. The molecule has 4 nitrogen and oxygen atoms in total. The molecule has 1 aromatic carbocycles. The van der Waals surface area contributed by atoms with Crippen molar-refractivity contribution in [3.05, 3.63) is 18.2 Å². The quantitative estimate of drug-likeness (QED) is 0.708. The van der Waals surface area contributed by atoms with Crippen LogP contribution in [0.25, 0.3) is 0 Å². The topological polar surface area (TPSA) is 38.8 Å². The minimum Gasteiger partial charge on any atom is -0.454 e. The van der Waals surface area contributed by atoms with Crippen LogP contribution in [0, 0.1) is 0 Å². The first-order valence-electron chi connectivity index (χ1n) is 6.93. The van der Waals surface area contributed by atoms with E-state index in [9.17, 15) is 4.79 Å². The molecule has 0 aliphatic carbocycles. The van der Waals surface area contributed by atoms with Crippen molar-refractivity contribution in [2.24, 2.45) is 0 Å². The average Bonchev–Trinajstić information content (AvgIpc) is 2.87. The molecule has 0 bridgehead atoms. The highest BCUT2D eigenvalue weighted by Gasteiger charge is 2.20. The number of benzene rings is 1. The van der Waals surface area contributed by atoms with Gasteiger partial charge in [0.15, 0.2) is 11.5 Å². The maximum atomic E-state index is 11.5. The molecule has 104 valence electrons. The van der Waals surface area contributed by atoms with Gasteiger partial charge in [-0.05, 0) is 25.0 Å². The lowest BCUT2D eigenvalue weighted by atomic mass is 10.0. The maximum absolute atomic E-state index is 11.5. The summed E-state index contributed by atoms with van der Waals surface area (Å²) in [7, 11) is 0. The van der Waals surface area contributed by atoms with E-state index in [2.05, 4.69) is 13.8 Å². The third-order valence-corrected chi connectivity index (χ3v) is 3.41. The van der Waals surface area contributed by atoms with Crippen LogP contribution < -0.4 is 14.4 Å². The zero-order chi connectivity index (χ0) is 13.7. The highest BCUT2D eigenvalue weighted by atomic mass is 16.7. The third-order valence-electron chi connectivity index (χ3n) is 3.41. The van der Waals surface area contributed by atoms with Crippen molar-refractivity contribution in [2.75, 3.05) is 11.7 Å². The molecule has 0 unspecified atom stereocenters. The number of ether oxygens (including phenoxy) is 2.